The molecule has 3 aromatic rings. The Balaban J connectivity index is 1.06. The third kappa shape index (κ3) is 12.9. The minimum absolute atomic E-state index is 0.0315. The van der Waals surface area contributed by atoms with Gasteiger partial charge in [0, 0.05) is 31.9 Å². The van der Waals surface area contributed by atoms with Crippen LogP contribution in [-0.4, -0.2) is 105 Å². The molecule has 0 aliphatic carbocycles. The Morgan fingerprint density at radius 2 is 1.15 bits per heavy atom. The van der Waals surface area contributed by atoms with Crippen molar-refractivity contribution in [2.45, 2.75) is 142 Å². The summed E-state index contributed by atoms with van der Waals surface area (Å²) in [5, 5.41) is 11.8. The van der Waals surface area contributed by atoms with Crippen molar-refractivity contribution in [2.75, 3.05) is 45.5 Å². The molecule has 68 heavy (non-hydrogen) atoms. The summed E-state index contributed by atoms with van der Waals surface area (Å²) in [7, 11) is 2.56. The minimum atomic E-state index is -0.784. The summed E-state index contributed by atoms with van der Waals surface area (Å²) in [5.41, 5.74) is 7.05. The molecule has 4 N–H and O–H groups in total. The standard InChI is InChI=1S/C53H75N7O8/c1-34(2)46(56-51(64)66-8)49(62)58-28-10-12-42(58)32-68-33-54-30-36-14-18-38(19-15-36)43-26-27-44(60(43)41-24-22-40(23-25-41)53(5,6)7)39-20-16-37(17-21-39)31-55-48(61)45-13-11-29-59(45)50(63)47(35(3)4)57-52(65)67-9/h14-25,34-35,42-47,54H,10-13,26-33H2,1-9H3,(H,55,61)(H,56,64)(H,57,65)/t42-,43?,44?,45-,46-,47-/m0/s1. The van der Waals surface area contributed by atoms with Crippen molar-refractivity contribution in [1.82, 2.24) is 31.1 Å². The second-order valence-corrected chi connectivity index (χ2v) is 20.2. The number of hydrogen-bond donors (Lipinski definition) is 4. The predicted octanol–water partition coefficient (Wildman–Crippen LogP) is 7.49. The van der Waals surface area contributed by atoms with Gasteiger partial charge in [-0.15, -0.1) is 0 Å². The van der Waals surface area contributed by atoms with E-state index < -0.39 is 30.3 Å². The maximum Gasteiger partial charge on any atom is 0.407 e. The van der Waals surface area contributed by atoms with E-state index in [0.29, 0.717) is 52.4 Å². The fourth-order valence-electron chi connectivity index (χ4n) is 9.80. The Morgan fingerprint density at radius 1 is 0.647 bits per heavy atom. The van der Waals surface area contributed by atoms with Crippen molar-refractivity contribution in [2.24, 2.45) is 11.8 Å². The Labute approximate surface area is 403 Å². The second-order valence-electron chi connectivity index (χ2n) is 20.2. The maximum absolute atomic E-state index is 13.5. The Hall–Kier alpha value is -5.67. The van der Waals surface area contributed by atoms with Crippen molar-refractivity contribution < 1.29 is 38.2 Å². The highest BCUT2D eigenvalue weighted by Gasteiger charge is 2.40. The Morgan fingerprint density at radius 3 is 1.66 bits per heavy atom. The molecule has 2 unspecified atom stereocenters. The predicted molar refractivity (Wildman–Crippen MR) is 263 cm³/mol. The fraction of sp³-hybridized carbons (Fsp3) is 0.566. The summed E-state index contributed by atoms with van der Waals surface area (Å²) in [6.45, 7) is 17.1. The molecule has 3 fully saturated rings. The minimum Gasteiger partial charge on any atom is -0.453 e. The van der Waals surface area contributed by atoms with Gasteiger partial charge >= 0.3 is 12.2 Å². The number of ether oxygens (including phenoxy) is 3. The van der Waals surface area contributed by atoms with Gasteiger partial charge in [0.05, 0.1) is 45.7 Å². The fourth-order valence-corrected chi connectivity index (χ4v) is 9.80. The van der Waals surface area contributed by atoms with Crippen LogP contribution in [-0.2, 0) is 47.1 Å². The topological polar surface area (TPSA) is 171 Å². The van der Waals surface area contributed by atoms with Crippen LogP contribution in [0.2, 0.25) is 0 Å². The number of rotatable bonds is 18. The molecule has 0 saturated carbocycles. The Kier molecular flexibility index (Phi) is 17.9. The second kappa shape index (κ2) is 23.6. The zero-order valence-electron chi connectivity index (χ0n) is 41.6. The van der Waals surface area contributed by atoms with Crippen LogP contribution in [0.3, 0.4) is 0 Å². The number of alkyl carbamates (subject to hydrolysis) is 2. The van der Waals surface area contributed by atoms with E-state index in [0.717, 1.165) is 36.8 Å². The average molecular weight is 938 g/mol. The molecule has 3 aliphatic heterocycles. The summed E-state index contributed by atoms with van der Waals surface area (Å²) < 4.78 is 15.5. The van der Waals surface area contributed by atoms with E-state index in [2.05, 4.69) is 120 Å². The molecule has 5 amide bonds. The first-order chi connectivity index (χ1) is 32.5. The number of nitrogens with zero attached hydrogens (tertiary/aromatic N) is 3. The lowest BCUT2D eigenvalue weighted by atomic mass is 9.87. The van der Waals surface area contributed by atoms with Gasteiger partial charge in [-0.05, 0) is 95.7 Å². The number of hydrogen-bond acceptors (Lipinski definition) is 10. The Bertz CT molecular complexity index is 2160. The van der Waals surface area contributed by atoms with E-state index in [1.807, 2.05) is 32.6 Å². The van der Waals surface area contributed by atoms with E-state index in [1.165, 1.54) is 36.6 Å². The van der Waals surface area contributed by atoms with Crippen molar-refractivity contribution >= 4 is 35.6 Å². The van der Waals surface area contributed by atoms with Crippen molar-refractivity contribution in [3.63, 3.8) is 0 Å². The molecule has 15 heteroatoms. The number of methoxy groups -OCH3 is 2. The first kappa shape index (κ1) is 51.7. The molecular formula is C53H75N7O8. The smallest absolute Gasteiger partial charge is 0.407 e. The molecule has 6 rings (SSSR count). The number of carbonyl (C=O) groups is 5. The maximum atomic E-state index is 13.5. The third-order valence-corrected chi connectivity index (χ3v) is 13.7. The highest BCUT2D eigenvalue weighted by molar-refractivity contribution is 5.92. The summed E-state index contributed by atoms with van der Waals surface area (Å²) in [6, 6.07) is 24.6. The number of amides is 5. The van der Waals surface area contributed by atoms with E-state index in [1.54, 1.807) is 4.90 Å². The average Bonchev–Trinajstić information content (AvgIpc) is 4.12. The van der Waals surface area contributed by atoms with E-state index >= 15 is 0 Å². The molecule has 0 radical (unpaired) electrons. The number of carbonyl (C=O) groups excluding carboxylic acids is 5. The largest absolute Gasteiger partial charge is 0.453 e. The molecular weight excluding hydrogens is 863 g/mol. The van der Waals surface area contributed by atoms with Gasteiger partial charge in [0.15, 0.2) is 0 Å². The van der Waals surface area contributed by atoms with Gasteiger partial charge in [0.2, 0.25) is 17.7 Å². The van der Waals surface area contributed by atoms with Gasteiger partial charge in [0.25, 0.3) is 0 Å². The normalized spacial score (nSPS) is 20.4. The van der Waals surface area contributed by atoms with Crippen LogP contribution in [0, 0.1) is 11.8 Å². The molecule has 15 nitrogen and oxygen atoms in total. The van der Waals surface area contributed by atoms with Gasteiger partial charge in [-0.3, -0.25) is 19.7 Å². The van der Waals surface area contributed by atoms with Gasteiger partial charge in [-0.25, -0.2) is 9.59 Å². The van der Waals surface area contributed by atoms with Crippen LogP contribution in [0.15, 0.2) is 72.8 Å². The van der Waals surface area contributed by atoms with Crippen LogP contribution in [0.25, 0.3) is 0 Å². The van der Waals surface area contributed by atoms with Gasteiger partial charge in [-0.1, -0.05) is 109 Å². The first-order valence-corrected chi connectivity index (χ1v) is 24.4. The zero-order chi connectivity index (χ0) is 49.1. The van der Waals surface area contributed by atoms with Crippen LogP contribution in [0.1, 0.15) is 127 Å². The SMILES string of the molecule is COC(=O)N[C@H](C(=O)N1CCC[C@H]1COCNCc1ccc(C2CCC(c3ccc(CNC(=O)[C@@H]4CCCN4C(=O)[C@@H](NC(=O)OC)C(C)C)cc3)N2c2ccc(C(C)(C)C)cc2)cc1)C(C)C. The van der Waals surface area contributed by atoms with E-state index in [4.69, 9.17) is 14.2 Å². The molecule has 3 aromatic carbocycles. The number of likely N-dealkylation sites (tertiary alicyclic amines) is 2. The number of benzene rings is 3. The molecule has 0 spiro atoms. The molecule has 3 saturated heterocycles. The molecule has 0 aromatic heterocycles. The van der Waals surface area contributed by atoms with Gasteiger partial charge < -0.3 is 44.9 Å². The summed E-state index contributed by atoms with van der Waals surface area (Å²) in [4.78, 5) is 70.3. The van der Waals surface area contributed by atoms with Gasteiger partial charge in [0.1, 0.15) is 18.1 Å². The molecule has 3 aliphatic rings. The van der Waals surface area contributed by atoms with E-state index in [-0.39, 0.29) is 53.1 Å². The van der Waals surface area contributed by atoms with Crippen LogP contribution >= 0.6 is 0 Å². The lowest BCUT2D eigenvalue weighted by Gasteiger charge is -2.34. The molecule has 3 heterocycles. The first-order valence-electron chi connectivity index (χ1n) is 24.4. The van der Waals surface area contributed by atoms with Gasteiger partial charge in [-0.2, -0.15) is 0 Å². The van der Waals surface area contributed by atoms with E-state index in [9.17, 15) is 24.0 Å². The van der Waals surface area contributed by atoms with Crippen LogP contribution < -0.4 is 26.2 Å². The van der Waals surface area contributed by atoms with Crippen LogP contribution in [0.5, 0.6) is 0 Å². The van der Waals surface area contributed by atoms with Crippen LogP contribution in [0.4, 0.5) is 15.3 Å². The summed E-state index contributed by atoms with van der Waals surface area (Å²) in [5.74, 6) is -0.836. The van der Waals surface area contributed by atoms with Crippen molar-refractivity contribution in [3.05, 3.63) is 101 Å². The van der Waals surface area contributed by atoms with Crippen molar-refractivity contribution in [1.29, 1.82) is 0 Å². The summed E-state index contributed by atoms with van der Waals surface area (Å²) >= 11 is 0. The molecule has 6 atom stereocenters. The zero-order valence-corrected chi connectivity index (χ0v) is 41.6. The molecule has 0 bridgehead atoms. The highest BCUT2D eigenvalue weighted by Crippen LogP contribution is 2.47. The number of anilines is 1. The number of nitrogens with one attached hydrogen (secondary N) is 4. The summed E-state index contributed by atoms with van der Waals surface area (Å²) in [6.07, 6.45) is 3.69. The molecule has 370 valence electrons. The van der Waals surface area contributed by atoms with Crippen molar-refractivity contribution in [3.8, 4) is 0 Å². The lowest BCUT2D eigenvalue weighted by Crippen LogP contribution is -2.55. The lowest BCUT2D eigenvalue weighted by molar-refractivity contribution is -0.140. The monoisotopic (exact) mass is 938 g/mol. The quantitative estimate of drug-likeness (QED) is 0.0741. The highest BCUT2D eigenvalue weighted by atomic mass is 16.5. The third-order valence-electron chi connectivity index (χ3n) is 13.7.